The van der Waals surface area contributed by atoms with Crippen molar-refractivity contribution in [1.82, 2.24) is 9.62 Å². The average molecular weight is 262 g/mol. The van der Waals surface area contributed by atoms with Crippen LogP contribution in [-0.4, -0.2) is 44.7 Å². The Morgan fingerprint density at radius 1 is 1.18 bits per heavy atom. The number of nitrogens with one attached hydrogen (secondary N) is 1. The van der Waals surface area contributed by atoms with E-state index >= 15 is 0 Å². The van der Waals surface area contributed by atoms with Crippen LogP contribution in [0, 0.1) is 0 Å². The highest BCUT2D eigenvalue weighted by atomic mass is 32.2. The molecule has 0 aliphatic heterocycles. The zero-order valence-corrected chi connectivity index (χ0v) is 11.9. The first-order valence-corrected chi connectivity index (χ1v) is 8.37. The van der Waals surface area contributed by atoms with Gasteiger partial charge in [-0.15, -0.1) is 0 Å². The minimum atomic E-state index is -3.06. The van der Waals surface area contributed by atoms with Gasteiger partial charge < -0.3 is 5.32 Å². The predicted octanol–water partition coefficient (Wildman–Crippen LogP) is 1.58. The summed E-state index contributed by atoms with van der Waals surface area (Å²) < 4.78 is 26.0. The number of hydrogen-bond acceptors (Lipinski definition) is 3. The molecule has 5 heteroatoms. The van der Waals surface area contributed by atoms with Gasteiger partial charge in [0, 0.05) is 19.1 Å². The highest BCUT2D eigenvalue weighted by Crippen LogP contribution is 2.23. The fraction of sp³-hybridized carbons (Fsp3) is 1.00. The fourth-order valence-corrected chi connectivity index (χ4v) is 3.85. The van der Waals surface area contributed by atoms with Gasteiger partial charge in [0.25, 0.3) is 0 Å². The molecule has 0 bridgehead atoms. The van der Waals surface area contributed by atoms with Crippen molar-refractivity contribution in [2.45, 2.75) is 51.5 Å². The van der Waals surface area contributed by atoms with Gasteiger partial charge in [-0.1, -0.05) is 25.7 Å². The summed E-state index contributed by atoms with van der Waals surface area (Å²) in [4.78, 5) is 0. The lowest BCUT2D eigenvalue weighted by molar-refractivity contribution is 0.293. The van der Waals surface area contributed by atoms with E-state index in [1.54, 1.807) is 11.2 Å². The largest absolute Gasteiger partial charge is 0.318 e. The predicted molar refractivity (Wildman–Crippen MR) is 71.6 cm³/mol. The number of rotatable bonds is 6. The van der Waals surface area contributed by atoms with Gasteiger partial charge >= 0.3 is 0 Å². The van der Waals surface area contributed by atoms with Gasteiger partial charge in [0.15, 0.2) is 0 Å². The Bertz CT molecular complexity index is 296. The van der Waals surface area contributed by atoms with E-state index in [4.69, 9.17) is 0 Å². The van der Waals surface area contributed by atoms with E-state index in [-0.39, 0.29) is 11.8 Å². The second kappa shape index (κ2) is 7.34. The van der Waals surface area contributed by atoms with E-state index in [2.05, 4.69) is 5.32 Å². The van der Waals surface area contributed by atoms with E-state index < -0.39 is 10.0 Å². The van der Waals surface area contributed by atoms with Crippen LogP contribution >= 0.6 is 0 Å². The Labute approximate surface area is 106 Å². The molecule has 0 spiro atoms. The third-order valence-corrected chi connectivity index (χ3v) is 5.46. The molecule has 1 rings (SSSR count). The van der Waals surface area contributed by atoms with Crippen molar-refractivity contribution in [3.05, 3.63) is 0 Å². The van der Waals surface area contributed by atoms with E-state index in [1.807, 2.05) is 7.05 Å². The van der Waals surface area contributed by atoms with Gasteiger partial charge in [0.05, 0.1) is 5.75 Å². The molecule has 0 saturated heterocycles. The summed E-state index contributed by atoms with van der Waals surface area (Å²) in [6.45, 7) is 3.07. The quantitative estimate of drug-likeness (QED) is 0.739. The number of hydrogen-bond donors (Lipinski definition) is 1. The van der Waals surface area contributed by atoms with Crippen LogP contribution in [0.4, 0.5) is 0 Å². The van der Waals surface area contributed by atoms with Gasteiger partial charge in [-0.2, -0.15) is 4.31 Å². The summed E-state index contributed by atoms with van der Waals surface area (Å²) in [5.74, 6) is 0.215. The molecule has 0 atom stereocenters. The third-order valence-electron chi connectivity index (χ3n) is 3.54. The van der Waals surface area contributed by atoms with Crippen LogP contribution in [0.5, 0.6) is 0 Å². The topological polar surface area (TPSA) is 49.4 Å². The van der Waals surface area contributed by atoms with Crippen molar-refractivity contribution in [2.75, 3.05) is 25.9 Å². The highest BCUT2D eigenvalue weighted by Gasteiger charge is 2.28. The van der Waals surface area contributed by atoms with E-state index in [9.17, 15) is 8.42 Å². The summed E-state index contributed by atoms with van der Waals surface area (Å²) >= 11 is 0. The lowest BCUT2D eigenvalue weighted by Crippen LogP contribution is -2.44. The van der Waals surface area contributed by atoms with Crippen molar-refractivity contribution in [2.24, 2.45) is 0 Å². The molecular weight excluding hydrogens is 236 g/mol. The minimum absolute atomic E-state index is 0.215. The van der Waals surface area contributed by atoms with Gasteiger partial charge in [-0.3, -0.25) is 0 Å². The van der Waals surface area contributed by atoms with Crippen molar-refractivity contribution >= 4 is 10.0 Å². The SMILES string of the molecule is CCS(=O)(=O)N(CCNC)C1CCCCCC1. The molecule has 1 N–H and O–H groups in total. The molecule has 0 radical (unpaired) electrons. The molecule has 1 fully saturated rings. The van der Waals surface area contributed by atoms with Crippen LogP contribution in [0.3, 0.4) is 0 Å². The molecule has 102 valence electrons. The normalized spacial score (nSPS) is 19.5. The van der Waals surface area contributed by atoms with Gasteiger partial charge in [-0.25, -0.2) is 8.42 Å². The van der Waals surface area contributed by atoms with Crippen molar-refractivity contribution < 1.29 is 8.42 Å². The summed E-state index contributed by atoms with van der Waals surface area (Å²) in [6.07, 6.45) is 6.90. The van der Waals surface area contributed by atoms with E-state index in [0.717, 1.165) is 19.4 Å². The zero-order chi connectivity index (χ0) is 12.7. The number of nitrogens with zero attached hydrogens (tertiary/aromatic N) is 1. The van der Waals surface area contributed by atoms with Crippen molar-refractivity contribution in [3.8, 4) is 0 Å². The molecule has 1 saturated carbocycles. The maximum Gasteiger partial charge on any atom is 0.214 e. The maximum absolute atomic E-state index is 12.1. The second-order valence-electron chi connectivity index (χ2n) is 4.76. The summed E-state index contributed by atoms with van der Waals surface area (Å²) in [7, 11) is -1.19. The standard InChI is InChI=1S/C12H26N2O2S/c1-3-17(15,16)14(11-10-13-2)12-8-6-4-5-7-9-12/h12-13H,3-11H2,1-2H3. The second-order valence-corrected chi connectivity index (χ2v) is 6.97. The van der Waals surface area contributed by atoms with Crippen molar-refractivity contribution in [3.63, 3.8) is 0 Å². The maximum atomic E-state index is 12.1. The van der Waals surface area contributed by atoms with Crippen LogP contribution in [0.1, 0.15) is 45.4 Å². The van der Waals surface area contributed by atoms with Gasteiger partial charge in [0.2, 0.25) is 10.0 Å². The first-order valence-electron chi connectivity index (χ1n) is 6.76. The van der Waals surface area contributed by atoms with Gasteiger partial charge in [-0.05, 0) is 26.8 Å². The molecule has 1 aliphatic carbocycles. The molecule has 0 unspecified atom stereocenters. The zero-order valence-electron chi connectivity index (χ0n) is 11.1. The van der Waals surface area contributed by atoms with Crippen molar-refractivity contribution in [1.29, 1.82) is 0 Å². The Hall–Kier alpha value is -0.130. The summed E-state index contributed by atoms with van der Waals surface area (Å²) in [5.41, 5.74) is 0. The highest BCUT2D eigenvalue weighted by molar-refractivity contribution is 7.89. The van der Waals surface area contributed by atoms with Crippen LogP contribution in [0.15, 0.2) is 0 Å². The molecule has 0 aromatic heterocycles. The average Bonchev–Trinajstić information content (AvgIpc) is 2.58. The van der Waals surface area contributed by atoms with Crippen LogP contribution < -0.4 is 5.32 Å². The van der Waals surface area contributed by atoms with Crippen LogP contribution in [0.2, 0.25) is 0 Å². The van der Waals surface area contributed by atoms with Crippen LogP contribution in [0.25, 0.3) is 0 Å². The Morgan fingerprint density at radius 3 is 2.24 bits per heavy atom. The lowest BCUT2D eigenvalue weighted by Gasteiger charge is -2.29. The molecule has 17 heavy (non-hydrogen) atoms. The Morgan fingerprint density at radius 2 is 1.76 bits per heavy atom. The summed E-state index contributed by atoms with van der Waals surface area (Å²) in [6, 6.07) is 0.232. The first kappa shape index (κ1) is 14.9. The van der Waals surface area contributed by atoms with Crippen LogP contribution in [-0.2, 0) is 10.0 Å². The molecule has 4 nitrogen and oxygen atoms in total. The molecule has 0 aromatic rings. The third kappa shape index (κ3) is 4.56. The number of likely N-dealkylation sites (N-methyl/N-ethyl adjacent to an activating group) is 1. The summed E-state index contributed by atoms with van der Waals surface area (Å²) in [5, 5.41) is 3.04. The number of sulfonamides is 1. The molecule has 0 amide bonds. The minimum Gasteiger partial charge on any atom is -0.318 e. The fourth-order valence-electron chi connectivity index (χ4n) is 2.48. The molecule has 1 aliphatic rings. The Kier molecular flexibility index (Phi) is 6.44. The molecule has 0 heterocycles. The van der Waals surface area contributed by atoms with Gasteiger partial charge in [0.1, 0.15) is 0 Å². The molecule has 0 aromatic carbocycles. The van der Waals surface area contributed by atoms with E-state index in [0.29, 0.717) is 6.54 Å². The first-order chi connectivity index (χ1) is 8.11. The molecular formula is C12H26N2O2S. The Balaban J connectivity index is 2.73. The van der Waals surface area contributed by atoms with E-state index in [1.165, 1.54) is 25.7 Å². The smallest absolute Gasteiger partial charge is 0.214 e. The lowest BCUT2D eigenvalue weighted by atomic mass is 10.1. The monoisotopic (exact) mass is 262 g/mol.